The Bertz CT molecular complexity index is 883. The van der Waals surface area contributed by atoms with Crippen LogP contribution in [-0.2, 0) is 21.1 Å². The minimum absolute atomic E-state index is 0.00232. The number of nitrogens with zero attached hydrogens (tertiary/aromatic N) is 2. The molecule has 7 nitrogen and oxygen atoms in total. The predicted molar refractivity (Wildman–Crippen MR) is 95.1 cm³/mol. The largest absolute Gasteiger partial charge is 0.416 e. The molecule has 1 fully saturated rings. The fraction of sp³-hybridized carbons (Fsp3) is 0.438. The highest BCUT2D eigenvalue weighted by Gasteiger charge is 2.29. The van der Waals surface area contributed by atoms with Gasteiger partial charge in [0.2, 0.25) is 11.8 Å². The number of benzene rings is 1. The molecule has 1 aromatic carbocycles. The number of sulfone groups is 1. The van der Waals surface area contributed by atoms with E-state index in [4.69, 9.17) is 4.42 Å². The maximum absolute atomic E-state index is 12.9. The Hall–Kier alpha value is -1.94. The van der Waals surface area contributed by atoms with Gasteiger partial charge in [-0.25, -0.2) is 12.8 Å². The van der Waals surface area contributed by atoms with Crippen molar-refractivity contribution >= 4 is 33.2 Å². The molecule has 1 N–H and O–H groups in total. The van der Waals surface area contributed by atoms with Crippen molar-refractivity contribution in [3.63, 3.8) is 0 Å². The van der Waals surface area contributed by atoms with Crippen LogP contribution in [0.4, 0.5) is 10.1 Å². The molecule has 10 heteroatoms. The van der Waals surface area contributed by atoms with Gasteiger partial charge in [-0.3, -0.25) is 4.79 Å². The van der Waals surface area contributed by atoms with E-state index in [0.29, 0.717) is 24.4 Å². The second-order valence-electron chi connectivity index (χ2n) is 6.19. The minimum Gasteiger partial charge on any atom is -0.416 e. The van der Waals surface area contributed by atoms with Crippen LogP contribution in [0.1, 0.15) is 19.2 Å². The molecule has 1 aromatic heterocycles. The molecule has 0 unspecified atom stereocenters. The molecule has 26 heavy (non-hydrogen) atoms. The minimum atomic E-state index is -2.94. The molecule has 0 saturated carbocycles. The van der Waals surface area contributed by atoms with Crippen molar-refractivity contribution in [1.82, 2.24) is 10.2 Å². The third-order valence-corrected chi connectivity index (χ3v) is 6.77. The van der Waals surface area contributed by atoms with Crippen LogP contribution >= 0.6 is 11.8 Å². The first-order valence-electron chi connectivity index (χ1n) is 8.06. The highest BCUT2D eigenvalue weighted by atomic mass is 32.2. The number of carbonyl (C=O) groups excluding carboxylic acids is 1. The summed E-state index contributed by atoms with van der Waals surface area (Å²) in [6.45, 7) is 1.69. The van der Waals surface area contributed by atoms with E-state index >= 15 is 0 Å². The summed E-state index contributed by atoms with van der Waals surface area (Å²) in [5.74, 6) is 0.0721. The van der Waals surface area contributed by atoms with Crippen LogP contribution in [0.2, 0.25) is 0 Å². The molecule has 0 radical (unpaired) electrons. The lowest BCUT2D eigenvalue weighted by Gasteiger charge is -2.09. The summed E-state index contributed by atoms with van der Waals surface area (Å²) in [5, 5.41) is 10.3. The second kappa shape index (κ2) is 7.75. The van der Waals surface area contributed by atoms with Crippen molar-refractivity contribution in [2.75, 3.05) is 16.8 Å². The third-order valence-electron chi connectivity index (χ3n) is 4.00. The van der Waals surface area contributed by atoms with Gasteiger partial charge >= 0.3 is 0 Å². The first-order valence-corrected chi connectivity index (χ1v) is 10.8. The number of thioether (sulfide) groups is 1. The summed E-state index contributed by atoms with van der Waals surface area (Å²) in [6.07, 6.45) is 1.02. The highest BCUT2D eigenvalue weighted by Crippen LogP contribution is 2.26. The number of halogens is 1. The first-order chi connectivity index (χ1) is 12.3. The number of hydrogen-bond donors (Lipinski definition) is 1. The van der Waals surface area contributed by atoms with Crippen molar-refractivity contribution in [3.8, 4) is 0 Å². The fourth-order valence-electron chi connectivity index (χ4n) is 2.63. The van der Waals surface area contributed by atoms with Crippen molar-refractivity contribution in [1.29, 1.82) is 0 Å². The van der Waals surface area contributed by atoms with Crippen molar-refractivity contribution in [3.05, 3.63) is 36.0 Å². The van der Waals surface area contributed by atoms with E-state index in [1.54, 1.807) is 6.92 Å². The summed E-state index contributed by atoms with van der Waals surface area (Å²) in [7, 11) is -2.94. The van der Waals surface area contributed by atoms with Gasteiger partial charge in [0.25, 0.3) is 5.22 Å². The topological polar surface area (TPSA) is 102 Å². The Morgan fingerprint density at radius 2 is 2.12 bits per heavy atom. The molecule has 3 rings (SSSR count). The van der Waals surface area contributed by atoms with Crippen molar-refractivity contribution < 1.29 is 22.0 Å². The molecule has 1 aliphatic rings. The Kier molecular flexibility index (Phi) is 5.61. The number of hydrogen-bond acceptors (Lipinski definition) is 7. The monoisotopic (exact) mass is 399 g/mol. The average Bonchev–Trinajstić information content (AvgIpc) is 3.15. The standard InChI is InChI=1S/C16H18FN3O4S2/c1-10(15(21)18-13-4-2-12(17)3-5-13)25-16-20-19-14(24-16)8-11-6-7-26(22,23)9-11/h2-5,10-11H,6-9H2,1H3,(H,18,21)/t10-,11-/m1/s1. The molecular weight excluding hydrogens is 381 g/mol. The van der Waals surface area contributed by atoms with Gasteiger partial charge in [0.1, 0.15) is 5.82 Å². The van der Waals surface area contributed by atoms with Crippen molar-refractivity contribution in [2.24, 2.45) is 5.92 Å². The Balaban J connectivity index is 1.53. The van der Waals surface area contributed by atoms with Gasteiger partial charge in [-0.1, -0.05) is 11.8 Å². The molecule has 0 spiro atoms. The van der Waals surface area contributed by atoms with E-state index in [2.05, 4.69) is 15.5 Å². The molecule has 0 bridgehead atoms. The van der Waals surface area contributed by atoms with Gasteiger partial charge in [0.15, 0.2) is 9.84 Å². The molecule has 1 saturated heterocycles. The number of carbonyl (C=O) groups is 1. The van der Waals surface area contributed by atoms with Gasteiger partial charge in [0, 0.05) is 12.1 Å². The van der Waals surface area contributed by atoms with Crippen LogP contribution in [0, 0.1) is 11.7 Å². The Morgan fingerprint density at radius 3 is 2.77 bits per heavy atom. The van der Waals surface area contributed by atoms with E-state index in [0.717, 1.165) is 11.8 Å². The van der Waals surface area contributed by atoms with Crippen LogP contribution in [0.25, 0.3) is 0 Å². The van der Waals surface area contributed by atoms with Crippen LogP contribution in [-0.4, -0.2) is 41.3 Å². The molecular formula is C16H18FN3O4S2. The first kappa shape index (κ1) is 18.8. The maximum Gasteiger partial charge on any atom is 0.277 e. The number of aromatic nitrogens is 2. The lowest BCUT2D eigenvalue weighted by molar-refractivity contribution is -0.115. The zero-order chi connectivity index (χ0) is 18.7. The van der Waals surface area contributed by atoms with Gasteiger partial charge in [0.05, 0.1) is 16.8 Å². The molecule has 1 aliphatic heterocycles. The Morgan fingerprint density at radius 1 is 1.38 bits per heavy atom. The summed E-state index contributed by atoms with van der Waals surface area (Å²) >= 11 is 1.11. The van der Waals surface area contributed by atoms with E-state index < -0.39 is 15.1 Å². The molecule has 2 aromatic rings. The summed E-state index contributed by atoms with van der Waals surface area (Å²) < 4.78 is 41.4. The maximum atomic E-state index is 12.9. The van der Waals surface area contributed by atoms with Gasteiger partial charge in [-0.15, -0.1) is 10.2 Å². The number of nitrogens with one attached hydrogen (secondary N) is 1. The molecule has 2 atom stereocenters. The second-order valence-corrected chi connectivity index (χ2v) is 9.71. The summed E-state index contributed by atoms with van der Waals surface area (Å²) in [4.78, 5) is 12.2. The van der Waals surface area contributed by atoms with E-state index in [-0.39, 0.29) is 34.4 Å². The SMILES string of the molecule is C[C@@H](Sc1nnc(C[C@H]2CCS(=O)(=O)C2)o1)C(=O)Nc1ccc(F)cc1. The highest BCUT2D eigenvalue weighted by molar-refractivity contribution is 8.00. The van der Waals surface area contributed by atoms with E-state index in [9.17, 15) is 17.6 Å². The molecule has 2 heterocycles. The van der Waals surface area contributed by atoms with Gasteiger partial charge in [-0.2, -0.15) is 0 Å². The lowest BCUT2D eigenvalue weighted by atomic mass is 10.1. The van der Waals surface area contributed by atoms with Crippen molar-refractivity contribution in [2.45, 2.75) is 30.2 Å². The number of rotatable bonds is 6. The summed E-state index contributed by atoms with van der Waals surface area (Å²) in [5.41, 5.74) is 0.498. The number of anilines is 1. The normalized spacial score (nSPS) is 20.0. The van der Waals surface area contributed by atoms with Gasteiger partial charge < -0.3 is 9.73 Å². The van der Waals surface area contributed by atoms with Crippen LogP contribution in [0.3, 0.4) is 0 Å². The van der Waals surface area contributed by atoms with Crippen LogP contribution < -0.4 is 5.32 Å². The molecule has 140 valence electrons. The summed E-state index contributed by atoms with van der Waals surface area (Å²) in [6, 6.07) is 5.48. The molecule has 1 amide bonds. The van der Waals surface area contributed by atoms with E-state index in [1.165, 1.54) is 24.3 Å². The van der Waals surface area contributed by atoms with Crippen LogP contribution in [0.5, 0.6) is 0 Å². The van der Waals surface area contributed by atoms with Crippen LogP contribution in [0.15, 0.2) is 33.9 Å². The average molecular weight is 399 g/mol. The lowest BCUT2D eigenvalue weighted by Crippen LogP contribution is -2.22. The fourth-order valence-corrected chi connectivity index (χ4v) is 5.19. The smallest absolute Gasteiger partial charge is 0.277 e. The van der Waals surface area contributed by atoms with Gasteiger partial charge in [-0.05, 0) is 43.5 Å². The number of amides is 1. The molecule has 0 aliphatic carbocycles. The zero-order valence-electron chi connectivity index (χ0n) is 14.0. The zero-order valence-corrected chi connectivity index (χ0v) is 15.6. The Labute approximate surface area is 154 Å². The third kappa shape index (κ3) is 5.04. The predicted octanol–water partition coefficient (Wildman–Crippen LogP) is 2.31. The quantitative estimate of drug-likeness (QED) is 0.744. The van der Waals surface area contributed by atoms with E-state index in [1.807, 2.05) is 0 Å².